The molecule has 2 heteroatoms. The van der Waals surface area contributed by atoms with Crippen molar-refractivity contribution < 1.29 is 0 Å². The Hall–Kier alpha value is -1.47. The summed E-state index contributed by atoms with van der Waals surface area (Å²) in [7, 11) is 0. The lowest BCUT2D eigenvalue weighted by Gasteiger charge is -2.20. The molecule has 2 rings (SSSR count). The van der Waals surface area contributed by atoms with Gasteiger partial charge in [-0.25, -0.2) is 0 Å². The molecule has 0 radical (unpaired) electrons. The van der Waals surface area contributed by atoms with Gasteiger partial charge in [-0.15, -0.1) is 0 Å². The third-order valence-corrected chi connectivity index (χ3v) is 3.84. The summed E-state index contributed by atoms with van der Waals surface area (Å²) < 4.78 is 0. The third-order valence-electron chi connectivity index (χ3n) is 3.59. The summed E-state index contributed by atoms with van der Waals surface area (Å²) in [5.74, 6) is 0. The number of nitrogens with one attached hydrogen (secondary N) is 1. The average molecular weight is 288 g/mol. The van der Waals surface area contributed by atoms with Crippen LogP contribution in [0.25, 0.3) is 0 Å². The number of para-hydroxylation sites is 1. The first kappa shape index (κ1) is 14.9. The lowest BCUT2D eigenvalue weighted by atomic mass is 10.0. The molecule has 2 aromatic rings. The molecule has 0 aromatic heterocycles. The van der Waals surface area contributed by atoms with Crippen LogP contribution in [0.5, 0.6) is 0 Å². The summed E-state index contributed by atoms with van der Waals surface area (Å²) in [4.78, 5) is 0. The normalized spacial score (nSPS) is 12.2. The minimum Gasteiger partial charge on any atom is -0.382 e. The van der Waals surface area contributed by atoms with Gasteiger partial charge < -0.3 is 5.32 Å². The molecule has 0 saturated carbocycles. The van der Waals surface area contributed by atoms with Gasteiger partial charge in [0, 0.05) is 16.8 Å². The number of aryl methyl sites for hydroxylation is 2. The largest absolute Gasteiger partial charge is 0.382 e. The SMILES string of the molecule is CCc1cccc(C)c1NC(C)Cc1ccc(Cl)cc1. The monoisotopic (exact) mass is 287 g/mol. The molecule has 1 nitrogen and oxygen atoms in total. The Labute approximate surface area is 127 Å². The average Bonchev–Trinajstić information content (AvgIpc) is 2.43. The predicted molar refractivity (Wildman–Crippen MR) is 88.8 cm³/mol. The van der Waals surface area contributed by atoms with E-state index in [4.69, 9.17) is 11.6 Å². The first-order chi connectivity index (χ1) is 9.60. The fourth-order valence-electron chi connectivity index (χ4n) is 2.50. The van der Waals surface area contributed by atoms with Crippen molar-refractivity contribution in [2.75, 3.05) is 5.32 Å². The van der Waals surface area contributed by atoms with Crippen LogP contribution in [0.1, 0.15) is 30.5 Å². The molecular formula is C18H22ClN. The minimum atomic E-state index is 0.391. The van der Waals surface area contributed by atoms with Crippen molar-refractivity contribution in [2.24, 2.45) is 0 Å². The Bertz CT molecular complexity index is 560. The number of benzene rings is 2. The molecule has 0 fully saturated rings. The van der Waals surface area contributed by atoms with Gasteiger partial charge in [0.15, 0.2) is 0 Å². The van der Waals surface area contributed by atoms with Gasteiger partial charge in [-0.1, -0.05) is 48.9 Å². The highest BCUT2D eigenvalue weighted by molar-refractivity contribution is 6.30. The second kappa shape index (κ2) is 6.81. The number of hydrogen-bond acceptors (Lipinski definition) is 1. The molecule has 1 N–H and O–H groups in total. The van der Waals surface area contributed by atoms with Crippen LogP contribution in [0.4, 0.5) is 5.69 Å². The van der Waals surface area contributed by atoms with E-state index in [0.29, 0.717) is 6.04 Å². The van der Waals surface area contributed by atoms with Crippen molar-refractivity contribution in [3.05, 3.63) is 64.2 Å². The first-order valence-corrected chi connectivity index (χ1v) is 7.57. The number of halogens is 1. The van der Waals surface area contributed by atoms with E-state index < -0.39 is 0 Å². The second-order valence-electron chi connectivity index (χ2n) is 5.34. The van der Waals surface area contributed by atoms with Crippen molar-refractivity contribution >= 4 is 17.3 Å². The first-order valence-electron chi connectivity index (χ1n) is 7.19. The van der Waals surface area contributed by atoms with E-state index in [0.717, 1.165) is 17.9 Å². The molecular weight excluding hydrogens is 266 g/mol. The Kier molecular flexibility index (Phi) is 5.08. The van der Waals surface area contributed by atoms with Crippen LogP contribution in [0, 0.1) is 6.92 Å². The summed E-state index contributed by atoms with van der Waals surface area (Å²) in [5.41, 5.74) is 5.29. The van der Waals surface area contributed by atoms with E-state index >= 15 is 0 Å². The summed E-state index contributed by atoms with van der Waals surface area (Å²) in [6.07, 6.45) is 2.05. The topological polar surface area (TPSA) is 12.0 Å². The molecule has 0 amide bonds. The van der Waals surface area contributed by atoms with Crippen molar-refractivity contribution in [1.29, 1.82) is 0 Å². The Balaban J connectivity index is 2.08. The van der Waals surface area contributed by atoms with Crippen LogP contribution in [0.2, 0.25) is 5.02 Å². The van der Waals surface area contributed by atoms with Crippen molar-refractivity contribution in [2.45, 2.75) is 39.7 Å². The van der Waals surface area contributed by atoms with Crippen LogP contribution >= 0.6 is 11.6 Å². The maximum absolute atomic E-state index is 5.92. The van der Waals surface area contributed by atoms with E-state index in [1.807, 2.05) is 12.1 Å². The predicted octanol–water partition coefficient (Wildman–Crippen LogP) is 5.25. The van der Waals surface area contributed by atoms with Gasteiger partial charge in [-0.2, -0.15) is 0 Å². The Morgan fingerprint density at radius 1 is 1.10 bits per heavy atom. The Morgan fingerprint density at radius 3 is 2.45 bits per heavy atom. The second-order valence-corrected chi connectivity index (χ2v) is 5.77. The quantitative estimate of drug-likeness (QED) is 0.791. The summed E-state index contributed by atoms with van der Waals surface area (Å²) in [5, 5.41) is 4.45. The third kappa shape index (κ3) is 3.77. The minimum absolute atomic E-state index is 0.391. The van der Waals surface area contributed by atoms with Gasteiger partial charge in [0.05, 0.1) is 0 Å². The molecule has 1 unspecified atom stereocenters. The summed E-state index contributed by atoms with van der Waals surface area (Å²) >= 11 is 5.92. The van der Waals surface area contributed by atoms with E-state index in [2.05, 4.69) is 56.4 Å². The highest BCUT2D eigenvalue weighted by Crippen LogP contribution is 2.22. The van der Waals surface area contributed by atoms with Crippen LogP contribution in [0.15, 0.2) is 42.5 Å². The molecule has 0 aliphatic carbocycles. The fourth-order valence-corrected chi connectivity index (χ4v) is 2.63. The van der Waals surface area contributed by atoms with E-state index in [-0.39, 0.29) is 0 Å². The van der Waals surface area contributed by atoms with Crippen LogP contribution < -0.4 is 5.32 Å². The van der Waals surface area contributed by atoms with Gasteiger partial charge in [0.2, 0.25) is 0 Å². The molecule has 1 atom stereocenters. The van der Waals surface area contributed by atoms with Crippen LogP contribution in [-0.4, -0.2) is 6.04 Å². The maximum Gasteiger partial charge on any atom is 0.0406 e. The lowest BCUT2D eigenvalue weighted by Crippen LogP contribution is -2.19. The zero-order valence-electron chi connectivity index (χ0n) is 12.4. The van der Waals surface area contributed by atoms with Crippen molar-refractivity contribution in [1.82, 2.24) is 0 Å². The molecule has 106 valence electrons. The van der Waals surface area contributed by atoms with Gasteiger partial charge in [0.25, 0.3) is 0 Å². The highest BCUT2D eigenvalue weighted by atomic mass is 35.5. The van der Waals surface area contributed by atoms with E-state index in [1.165, 1.54) is 22.4 Å². The van der Waals surface area contributed by atoms with Crippen molar-refractivity contribution in [3.63, 3.8) is 0 Å². The molecule has 20 heavy (non-hydrogen) atoms. The standard InChI is InChI=1S/C18H22ClN/c1-4-16-7-5-6-13(2)18(16)20-14(3)12-15-8-10-17(19)11-9-15/h5-11,14,20H,4,12H2,1-3H3. The summed E-state index contributed by atoms with van der Waals surface area (Å²) in [6, 6.07) is 15.0. The van der Waals surface area contributed by atoms with Gasteiger partial charge in [-0.05, 0) is 55.5 Å². The Morgan fingerprint density at radius 2 is 1.80 bits per heavy atom. The zero-order chi connectivity index (χ0) is 14.5. The fraction of sp³-hybridized carbons (Fsp3) is 0.333. The highest BCUT2D eigenvalue weighted by Gasteiger charge is 2.08. The summed E-state index contributed by atoms with van der Waals surface area (Å²) in [6.45, 7) is 6.58. The number of anilines is 1. The van der Waals surface area contributed by atoms with Crippen LogP contribution in [-0.2, 0) is 12.8 Å². The molecule has 0 saturated heterocycles. The molecule has 0 bridgehead atoms. The zero-order valence-corrected chi connectivity index (χ0v) is 13.2. The molecule has 0 aliphatic rings. The van der Waals surface area contributed by atoms with Gasteiger partial charge in [-0.3, -0.25) is 0 Å². The smallest absolute Gasteiger partial charge is 0.0406 e. The molecule has 0 heterocycles. The number of hydrogen-bond donors (Lipinski definition) is 1. The van der Waals surface area contributed by atoms with Gasteiger partial charge in [0.1, 0.15) is 0 Å². The maximum atomic E-state index is 5.92. The van der Waals surface area contributed by atoms with Crippen LogP contribution in [0.3, 0.4) is 0 Å². The van der Waals surface area contributed by atoms with Crippen molar-refractivity contribution in [3.8, 4) is 0 Å². The molecule has 0 spiro atoms. The lowest BCUT2D eigenvalue weighted by molar-refractivity contribution is 0.786. The van der Waals surface area contributed by atoms with E-state index in [9.17, 15) is 0 Å². The number of rotatable bonds is 5. The van der Waals surface area contributed by atoms with E-state index in [1.54, 1.807) is 0 Å². The van der Waals surface area contributed by atoms with Gasteiger partial charge >= 0.3 is 0 Å². The molecule has 0 aliphatic heterocycles. The molecule has 2 aromatic carbocycles.